The Labute approximate surface area is 98.6 Å². The smallest absolute Gasteiger partial charge is 0.326 e. The summed E-state index contributed by atoms with van der Waals surface area (Å²) in [4.78, 5) is 25.9. The number of aromatic nitrogens is 1. The highest BCUT2D eigenvalue weighted by molar-refractivity contribution is 5.84. The van der Waals surface area contributed by atoms with Gasteiger partial charge in [0.1, 0.15) is 11.8 Å². The van der Waals surface area contributed by atoms with Crippen molar-refractivity contribution in [2.75, 3.05) is 6.61 Å². The van der Waals surface area contributed by atoms with E-state index in [0.29, 0.717) is 12.2 Å². The minimum Gasteiger partial charge on any atom is -0.482 e. The number of carbonyl (C=O) groups excluding carboxylic acids is 1. The van der Waals surface area contributed by atoms with Crippen molar-refractivity contribution < 1.29 is 19.4 Å². The van der Waals surface area contributed by atoms with Crippen molar-refractivity contribution in [3.63, 3.8) is 0 Å². The predicted molar refractivity (Wildman–Crippen MR) is 59.6 cm³/mol. The lowest BCUT2D eigenvalue weighted by Gasteiger charge is -2.12. The fourth-order valence-corrected chi connectivity index (χ4v) is 1.16. The maximum Gasteiger partial charge on any atom is 0.326 e. The Bertz CT molecular complexity index is 380. The monoisotopic (exact) mass is 238 g/mol. The highest BCUT2D eigenvalue weighted by Crippen LogP contribution is 2.05. The van der Waals surface area contributed by atoms with Crippen molar-refractivity contribution in [2.24, 2.45) is 0 Å². The van der Waals surface area contributed by atoms with Crippen LogP contribution < -0.4 is 10.1 Å². The van der Waals surface area contributed by atoms with Gasteiger partial charge in [-0.3, -0.25) is 9.78 Å². The highest BCUT2D eigenvalue weighted by Gasteiger charge is 2.17. The molecule has 0 saturated heterocycles. The summed E-state index contributed by atoms with van der Waals surface area (Å²) >= 11 is 0. The topological polar surface area (TPSA) is 88.5 Å². The number of hydrogen-bond donors (Lipinski definition) is 2. The SMILES string of the molecule is CCC(NC(=O)COc1cccnc1)C(=O)O. The second-order valence-electron chi connectivity index (χ2n) is 3.34. The van der Waals surface area contributed by atoms with Crippen LogP contribution in [0.25, 0.3) is 0 Å². The third-order valence-electron chi connectivity index (χ3n) is 2.05. The molecule has 92 valence electrons. The van der Waals surface area contributed by atoms with Crippen molar-refractivity contribution in [3.05, 3.63) is 24.5 Å². The minimum absolute atomic E-state index is 0.227. The molecule has 6 nitrogen and oxygen atoms in total. The van der Waals surface area contributed by atoms with Crippen LogP contribution in [0.3, 0.4) is 0 Å². The molecule has 1 amide bonds. The van der Waals surface area contributed by atoms with Gasteiger partial charge in [-0.1, -0.05) is 6.92 Å². The summed E-state index contributed by atoms with van der Waals surface area (Å²) in [6, 6.07) is 2.47. The Balaban J connectivity index is 2.37. The van der Waals surface area contributed by atoms with Gasteiger partial charge in [0.15, 0.2) is 6.61 Å². The molecule has 1 atom stereocenters. The predicted octanol–water partition coefficient (Wildman–Crippen LogP) is 0.440. The van der Waals surface area contributed by atoms with E-state index in [1.165, 1.54) is 6.20 Å². The standard InChI is InChI=1S/C11H14N2O4/c1-2-9(11(15)16)13-10(14)7-17-8-4-3-5-12-6-8/h3-6,9H,2,7H2,1H3,(H,13,14)(H,15,16). The van der Waals surface area contributed by atoms with E-state index < -0.39 is 17.9 Å². The van der Waals surface area contributed by atoms with Gasteiger partial charge in [0, 0.05) is 6.20 Å². The summed E-state index contributed by atoms with van der Waals surface area (Å²) in [7, 11) is 0. The van der Waals surface area contributed by atoms with Crippen LogP contribution in [-0.2, 0) is 9.59 Å². The zero-order chi connectivity index (χ0) is 12.7. The quantitative estimate of drug-likeness (QED) is 0.750. The van der Waals surface area contributed by atoms with E-state index in [1.54, 1.807) is 25.3 Å². The Kier molecular flexibility index (Phi) is 4.93. The molecule has 1 unspecified atom stereocenters. The van der Waals surface area contributed by atoms with E-state index in [1.807, 2.05) is 0 Å². The molecular formula is C11H14N2O4. The number of carbonyl (C=O) groups is 2. The normalized spacial score (nSPS) is 11.6. The maximum absolute atomic E-state index is 11.4. The van der Waals surface area contributed by atoms with Crippen molar-refractivity contribution in [2.45, 2.75) is 19.4 Å². The summed E-state index contributed by atoms with van der Waals surface area (Å²) in [5, 5.41) is 11.1. The third kappa shape index (κ3) is 4.50. The molecule has 0 aromatic carbocycles. The van der Waals surface area contributed by atoms with Crippen molar-refractivity contribution in [1.29, 1.82) is 0 Å². The van der Waals surface area contributed by atoms with Gasteiger partial charge in [-0.05, 0) is 18.6 Å². The van der Waals surface area contributed by atoms with E-state index in [9.17, 15) is 9.59 Å². The molecule has 1 aromatic rings. The average Bonchev–Trinajstić information content (AvgIpc) is 2.34. The van der Waals surface area contributed by atoms with E-state index in [4.69, 9.17) is 9.84 Å². The average molecular weight is 238 g/mol. The molecule has 0 spiro atoms. The zero-order valence-corrected chi connectivity index (χ0v) is 9.42. The van der Waals surface area contributed by atoms with E-state index >= 15 is 0 Å². The number of nitrogens with one attached hydrogen (secondary N) is 1. The van der Waals surface area contributed by atoms with Gasteiger partial charge in [-0.25, -0.2) is 4.79 Å². The molecule has 2 N–H and O–H groups in total. The van der Waals surface area contributed by atoms with Crippen molar-refractivity contribution in [1.82, 2.24) is 10.3 Å². The number of hydrogen-bond acceptors (Lipinski definition) is 4. The van der Waals surface area contributed by atoms with Crippen molar-refractivity contribution >= 4 is 11.9 Å². The minimum atomic E-state index is -1.05. The number of nitrogens with zero attached hydrogens (tertiary/aromatic N) is 1. The highest BCUT2D eigenvalue weighted by atomic mass is 16.5. The molecule has 0 radical (unpaired) electrons. The molecule has 1 rings (SSSR count). The number of carboxylic acids is 1. The van der Waals surface area contributed by atoms with Crippen LogP contribution in [0.2, 0.25) is 0 Å². The molecule has 17 heavy (non-hydrogen) atoms. The van der Waals surface area contributed by atoms with Crippen LogP contribution in [-0.4, -0.2) is 34.6 Å². The van der Waals surface area contributed by atoms with E-state index in [-0.39, 0.29) is 6.61 Å². The van der Waals surface area contributed by atoms with Crippen LogP contribution in [0, 0.1) is 0 Å². The lowest BCUT2D eigenvalue weighted by molar-refractivity contribution is -0.142. The lowest BCUT2D eigenvalue weighted by atomic mass is 10.2. The largest absolute Gasteiger partial charge is 0.482 e. The summed E-state index contributed by atoms with van der Waals surface area (Å²) < 4.78 is 5.13. The Morgan fingerprint density at radius 1 is 1.59 bits per heavy atom. The number of pyridine rings is 1. The first-order chi connectivity index (χ1) is 8.13. The lowest BCUT2D eigenvalue weighted by Crippen LogP contribution is -2.42. The molecule has 0 aliphatic heterocycles. The molecule has 6 heteroatoms. The van der Waals surface area contributed by atoms with Crippen LogP contribution in [0.15, 0.2) is 24.5 Å². The fourth-order valence-electron chi connectivity index (χ4n) is 1.16. The van der Waals surface area contributed by atoms with Crippen LogP contribution in [0.4, 0.5) is 0 Å². The number of carboxylic acid groups (broad SMARTS) is 1. The van der Waals surface area contributed by atoms with Gasteiger partial charge in [0.2, 0.25) is 0 Å². The van der Waals surface area contributed by atoms with Gasteiger partial charge >= 0.3 is 5.97 Å². The Hall–Kier alpha value is -2.11. The van der Waals surface area contributed by atoms with E-state index in [2.05, 4.69) is 10.3 Å². The molecule has 0 fully saturated rings. The molecule has 0 bridgehead atoms. The van der Waals surface area contributed by atoms with Gasteiger partial charge in [0.05, 0.1) is 6.20 Å². The second kappa shape index (κ2) is 6.47. The number of rotatable bonds is 6. The van der Waals surface area contributed by atoms with Crippen LogP contribution in [0.5, 0.6) is 5.75 Å². The molecular weight excluding hydrogens is 224 g/mol. The fraction of sp³-hybridized carbons (Fsp3) is 0.364. The molecule has 1 heterocycles. The molecule has 0 aliphatic carbocycles. The maximum atomic E-state index is 11.4. The van der Waals surface area contributed by atoms with Gasteiger partial charge < -0.3 is 15.2 Å². The molecule has 0 saturated carbocycles. The van der Waals surface area contributed by atoms with Gasteiger partial charge in [-0.15, -0.1) is 0 Å². The summed E-state index contributed by atoms with van der Waals surface area (Å²) in [5.41, 5.74) is 0. The van der Waals surface area contributed by atoms with Crippen LogP contribution in [0.1, 0.15) is 13.3 Å². The number of amides is 1. The third-order valence-corrected chi connectivity index (χ3v) is 2.05. The Morgan fingerprint density at radius 3 is 2.88 bits per heavy atom. The Morgan fingerprint density at radius 2 is 2.35 bits per heavy atom. The first-order valence-electron chi connectivity index (χ1n) is 5.18. The van der Waals surface area contributed by atoms with Crippen LogP contribution >= 0.6 is 0 Å². The van der Waals surface area contributed by atoms with Crippen molar-refractivity contribution in [3.8, 4) is 5.75 Å². The molecule has 1 aromatic heterocycles. The molecule has 0 aliphatic rings. The van der Waals surface area contributed by atoms with Gasteiger partial charge in [-0.2, -0.15) is 0 Å². The summed E-state index contributed by atoms with van der Waals surface area (Å²) in [6.45, 7) is 1.45. The second-order valence-corrected chi connectivity index (χ2v) is 3.34. The summed E-state index contributed by atoms with van der Waals surface area (Å²) in [6.07, 6.45) is 3.39. The van der Waals surface area contributed by atoms with E-state index in [0.717, 1.165) is 0 Å². The first kappa shape index (κ1) is 13.0. The number of ether oxygens (including phenoxy) is 1. The first-order valence-corrected chi connectivity index (χ1v) is 5.18. The summed E-state index contributed by atoms with van der Waals surface area (Å²) in [5.74, 6) is -1.06. The van der Waals surface area contributed by atoms with Gasteiger partial charge in [0.25, 0.3) is 5.91 Å². The number of aliphatic carboxylic acids is 1. The zero-order valence-electron chi connectivity index (χ0n) is 9.42.